The molecule has 0 aliphatic carbocycles. The molecule has 2 heterocycles. The monoisotopic (exact) mass is 414 g/mol. The molecule has 4 rings (SSSR count). The fourth-order valence-corrected chi connectivity index (χ4v) is 3.05. The summed E-state index contributed by atoms with van der Waals surface area (Å²) in [5.74, 6) is -0.992. The van der Waals surface area contributed by atoms with Crippen LogP contribution in [0.3, 0.4) is 0 Å². The van der Waals surface area contributed by atoms with Crippen LogP contribution in [0.25, 0.3) is 0 Å². The van der Waals surface area contributed by atoms with E-state index in [1.807, 2.05) is 0 Å². The lowest BCUT2D eigenvalue weighted by molar-refractivity contribution is -0.143. The Morgan fingerprint density at radius 1 is 1.28 bits per heavy atom. The summed E-state index contributed by atoms with van der Waals surface area (Å²) < 4.78 is 20.3. The molecule has 1 aliphatic heterocycles. The van der Waals surface area contributed by atoms with Gasteiger partial charge in [0.25, 0.3) is 17.4 Å². The number of aromatic nitrogens is 2. The average Bonchev–Trinajstić information content (AvgIpc) is 3.11. The van der Waals surface area contributed by atoms with Crippen LogP contribution >= 0.6 is 11.6 Å². The molecule has 148 valence electrons. The quantitative estimate of drug-likeness (QED) is 0.640. The molecule has 2 N–H and O–H groups in total. The topological polar surface area (TPSA) is 85.2 Å². The highest BCUT2D eigenvalue weighted by atomic mass is 35.5. The fourth-order valence-electron chi connectivity index (χ4n) is 2.88. The van der Waals surface area contributed by atoms with Crippen molar-refractivity contribution >= 4 is 34.9 Å². The van der Waals surface area contributed by atoms with Crippen molar-refractivity contribution in [1.29, 1.82) is 0 Å². The third-order valence-corrected chi connectivity index (χ3v) is 4.75. The van der Waals surface area contributed by atoms with Crippen molar-refractivity contribution in [3.8, 4) is 5.75 Å². The highest BCUT2D eigenvalue weighted by molar-refractivity contribution is 6.31. The van der Waals surface area contributed by atoms with Gasteiger partial charge in [0.2, 0.25) is 0 Å². The summed E-state index contributed by atoms with van der Waals surface area (Å²) in [6.07, 6.45) is 1.67. The first-order valence-electron chi connectivity index (χ1n) is 8.73. The second kappa shape index (κ2) is 7.21. The molecule has 0 saturated carbocycles. The summed E-state index contributed by atoms with van der Waals surface area (Å²) in [7, 11) is 0. The summed E-state index contributed by atoms with van der Waals surface area (Å²) in [5.41, 5.74) is -0.525. The van der Waals surface area contributed by atoms with Crippen LogP contribution in [0, 0.1) is 5.82 Å². The van der Waals surface area contributed by atoms with Gasteiger partial charge in [-0.3, -0.25) is 14.3 Å². The lowest BCUT2D eigenvalue weighted by Gasteiger charge is -2.33. The Morgan fingerprint density at radius 3 is 2.79 bits per heavy atom. The largest absolute Gasteiger partial charge is 0.466 e. The SMILES string of the molecule is CC1(C(=O)Nc2ccn(Cc3ccc(F)cc3)n2)Oc2ccc(Cl)cc2NC1=O. The van der Waals surface area contributed by atoms with E-state index < -0.39 is 17.4 Å². The maximum atomic E-state index is 13.0. The number of amides is 2. The Morgan fingerprint density at radius 2 is 2.03 bits per heavy atom. The molecule has 1 atom stereocenters. The Labute approximate surface area is 170 Å². The number of rotatable bonds is 4. The van der Waals surface area contributed by atoms with Crippen molar-refractivity contribution in [2.45, 2.75) is 19.1 Å². The summed E-state index contributed by atoms with van der Waals surface area (Å²) in [4.78, 5) is 25.3. The smallest absolute Gasteiger partial charge is 0.279 e. The molecule has 3 aromatic rings. The summed E-state index contributed by atoms with van der Waals surface area (Å²) in [6.45, 7) is 1.78. The van der Waals surface area contributed by atoms with Crippen molar-refractivity contribution in [1.82, 2.24) is 9.78 Å². The first-order chi connectivity index (χ1) is 13.8. The van der Waals surface area contributed by atoms with Gasteiger partial charge in [-0.15, -0.1) is 0 Å². The van der Waals surface area contributed by atoms with Gasteiger partial charge in [-0.2, -0.15) is 5.10 Å². The van der Waals surface area contributed by atoms with Gasteiger partial charge in [-0.25, -0.2) is 4.39 Å². The first-order valence-corrected chi connectivity index (χ1v) is 9.11. The summed E-state index contributed by atoms with van der Waals surface area (Å²) in [6, 6.07) is 12.4. The van der Waals surface area contributed by atoms with Crippen molar-refractivity contribution in [2.75, 3.05) is 10.6 Å². The van der Waals surface area contributed by atoms with E-state index in [0.717, 1.165) is 5.56 Å². The molecule has 0 spiro atoms. The number of nitrogens with zero attached hydrogens (tertiary/aromatic N) is 2. The molecule has 7 nitrogen and oxygen atoms in total. The highest BCUT2D eigenvalue weighted by Crippen LogP contribution is 2.35. The van der Waals surface area contributed by atoms with Crippen LogP contribution in [0.2, 0.25) is 5.02 Å². The van der Waals surface area contributed by atoms with Crippen LogP contribution in [0.5, 0.6) is 5.75 Å². The van der Waals surface area contributed by atoms with E-state index in [4.69, 9.17) is 16.3 Å². The first kappa shape index (κ1) is 18.9. The molecular formula is C20H16ClFN4O3. The zero-order valence-corrected chi connectivity index (χ0v) is 16.0. The van der Waals surface area contributed by atoms with Gasteiger partial charge < -0.3 is 15.4 Å². The Balaban J connectivity index is 1.47. The van der Waals surface area contributed by atoms with E-state index in [2.05, 4.69) is 15.7 Å². The molecule has 2 aromatic carbocycles. The van der Waals surface area contributed by atoms with Crippen LogP contribution < -0.4 is 15.4 Å². The van der Waals surface area contributed by atoms with Crippen LogP contribution in [0.15, 0.2) is 54.7 Å². The third-order valence-electron chi connectivity index (χ3n) is 4.51. The van der Waals surface area contributed by atoms with Crippen LogP contribution in [-0.4, -0.2) is 27.2 Å². The Bertz CT molecular complexity index is 1100. The molecule has 0 fully saturated rings. The van der Waals surface area contributed by atoms with Crippen LogP contribution in [0.1, 0.15) is 12.5 Å². The Kier molecular flexibility index (Phi) is 4.71. The predicted molar refractivity (Wildman–Crippen MR) is 105 cm³/mol. The highest BCUT2D eigenvalue weighted by Gasteiger charge is 2.47. The van der Waals surface area contributed by atoms with Gasteiger partial charge in [0, 0.05) is 17.3 Å². The maximum Gasteiger partial charge on any atom is 0.279 e. The van der Waals surface area contributed by atoms with E-state index >= 15 is 0 Å². The number of anilines is 2. The molecule has 1 aliphatic rings. The number of hydrogen-bond acceptors (Lipinski definition) is 4. The number of nitrogens with one attached hydrogen (secondary N) is 2. The molecule has 0 saturated heterocycles. The standard InChI is InChI=1S/C20H16ClFN4O3/c1-20(18(27)23-15-10-13(21)4-7-16(15)29-20)19(28)24-17-8-9-26(25-17)11-12-2-5-14(22)6-3-12/h2-10H,11H2,1H3,(H,23,27)(H,24,25,28). The van der Waals surface area contributed by atoms with Gasteiger partial charge in [0.15, 0.2) is 5.82 Å². The molecule has 0 bridgehead atoms. The van der Waals surface area contributed by atoms with Crippen molar-refractivity contribution in [3.05, 3.63) is 71.1 Å². The lowest BCUT2D eigenvalue weighted by atomic mass is 10.0. The predicted octanol–water partition coefficient (Wildman–Crippen LogP) is 3.45. The summed E-state index contributed by atoms with van der Waals surface area (Å²) in [5, 5.41) is 9.93. The fraction of sp³-hybridized carbons (Fsp3) is 0.150. The summed E-state index contributed by atoms with van der Waals surface area (Å²) >= 11 is 5.92. The third kappa shape index (κ3) is 3.79. The molecule has 1 unspecified atom stereocenters. The van der Waals surface area contributed by atoms with Crippen LogP contribution in [0.4, 0.5) is 15.9 Å². The van der Waals surface area contributed by atoms with Crippen molar-refractivity contribution in [2.24, 2.45) is 0 Å². The zero-order chi connectivity index (χ0) is 20.6. The number of carbonyl (C=O) groups is 2. The maximum absolute atomic E-state index is 13.0. The van der Waals surface area contributed by atoms with Crippen molar-refractivity contribution < 1.29 is 18.7 Å². The minimum Gasteiger partial charge on any atom is -0.466 e. The lowest BCUT2D eigenvalue weighted by Crippen LogP contribution is -2.56. The van der Waals surface area contributed by atoms with Gasteiger partial charge in [0.05, 0.1) is 12.2 Å². The molecule has 1 aromatic heterocycles. The minimum atomic E-state index is -1.78. The Hall–Kier alpha value is -3.39. The number of halogens is 2. The number of ether oxygens (including phenoxy) is 1. The molecular weight excluding hydrogens is 399 g/mol. The number of benzene rings is 2. The second-order valence-electron chi connectivity index (χ2n) is 6.71. The van der Waals surface area contributed by atoms with Gasteiger partial charge in [0.1, 0.15) is 11.6 Å². The molecule has 2 amide bonds. The van der Waals surface area contributed by atoms with Gasteiger partial charge in [-0.05, 0) is 42.8 Å². The van der Waals surface area contributed by atoms with E-state index in [0.29, 0.717) is 23.0 Å². The normalized spacial score (nSPS) is 17.8. The van der Waals surface area contributed by atoms with E-state index in [1.54, 1.807) is 47.3 Å². The van der Waals surface area contributed by atoms with E-state index in [9.17, 15) is 14.0 Å². The average molecular weight is 415 g/mol. The van der Waals surface area contributed by atoms with Gasteiger partial charge >= 0.3 is 0 Å². The molecule has 9 heteroatoms. The molecule has 29 heavy (non-hydrogen) atoms. The second-order valence-corrected chi connectivity index (χ2v) is 7.15. The van der Waals surface area contributed by atoms with E-state index in [-0.39, 0.29) is 11.6 Å². The number of hydrogen-bond donors (Lipinski definition) is 2. The van der Waals surface area contributed by atoms with Crippen molar-refractivity contribution in [3.63, 3.8) is 0 Å². The zero-order valence-electron chi connectivity index (χ0n) is 15.3. The minimum absolute atomic E-state index is 0.261. The van der Waals surface area contributed by atoms with Gasteiger partial charge in [-0.1, -0.05) is 23.7 Å². The number of carbonyl (C=O) groups excluding carboxylic acids is 2. The van der Waals surface area contributed by atoms with E-state index in [1.165, 1.54) is 19.1 Å². The molecule has 0 radical (unpaired) electrons. The number of fused-ring (bicyclic) bond motifs is 1. The van der Waals surface area contributed by atoms with Crippen LogP contribution in [-0.2, 0) is 16.1 Å².